The third kappa shape index (κ3) is 2.52. The lowest BCUT2D eigenvalue weighted by molar-refractivity contribution is 0.477. The summed E-state index contributed by atoms with van der Waals surface area (Å²) in [6.07, 6.45) is 5.06. The second-order valence-electron chi connectivity index (χ2n) is 6.00. The quantitative estimate of drug-likeness (QED) is 0.729. The van der Waals surface area contributed by atoms with Crippen molar-refractivity contribution in [1.29, 1.82) is 0 Å². The molecule has 0 bridgehead atoms. The van der Waals surface area contributed by atoms with Gasteiger partial charge in [-0.25, -0.2) is 17.9 Å². The van der Waals surface area contributed by atoms with Gasteiger partial charge in [-0.05, 0) is 30.5 Å². The van der Waals surface area contributed by atoms with Crippen LogP contribution >= 0.6 is 0 Å². The second kappa shape index (κ2) is 5.71. The van der Waals surface area contributed by atoms with Crippen LogP contribution in [-0.2, 0) is 10.0 Å². The summed E-state index contributed by atoms with van der Waals surface area (Å²) in [6, 6.07) is 6.56. The van der Waals surface area contributed by atoms with Crippen molar-refractivity contribution in [2.75, 3.05) is 24.6 Å². The average Bonchev–Trinajstić information content (AvgIpc) is 3.27. The van der Waals surface area contributed by atoms with Crippen LogP contribution in [0.2, 0.25) is 0 Å². The van der Waals surface area contributed by atoms with Crippen LogP contribution in [0.4, 0.5) is 11.5 Å². The number of hydrogen-bond acceptors (Lipinski definition) is 6. The van der Waals surface area contributed by atoms with Crippen LogP contribution in [0.15, 0.2) is 41.6 Å². The van der Waals surface area contributed by atoms with Crippen molar-refractivity contribution < 1.29 is 8.42 Å². The van der Waals surface area contributed by atoms with Gasteiger partial charge in [0.2, 0.25) is 10.0 Å². The van der Waals surface area contributed by atoms with E-state index in [4.69, 9.17) is 11.5 Å². The highest BCUT2D eigenvalue weighted by Crippen LogP contribution is 2.33. The van der Waals surface area contributed by atoms with E-state index in [9.17, 15) is 8.42 Å². The summed E-state index contributed by atoms with van der Waals surface area (Å²) >= 11 is 0. The van der Waals surface area contributed by atoms with Crippen molar-refractivity contribution in [3.8, 4) is 11.1 Å². The number of hydrogen-bond donors (Lipinski definition) is 2. The number of fused-ring (bicyclic) bond motifs is 1. The zero-order valence-corrected chi connectivity index (χ0v) is 14.3. The Morgan fingerprint density at radius 3 is 2.40 bits per heavy atom. The maximum atomic E-state index is 12.6. The first-order valence-electron chi connectivity index (χ1n) is 7.97. The van der Waals surface area contributed by atoms with Gasteiger partial charge in [-0.1, -0.05) is 12.1 Å². The standard InChI is InChI=1S/C16H18N6O2S/c17-14-13(15(18)20-22-10-7-19-16(14)22)11-3-5-12(6-4-11)25(23,24)21-8-1-2-9-21/h3-7,10H,1-2,8-9,17H2,(H2,18,20). The summed E-state index contributed by atoms with van der Waals surface area (Å²) in [5.41, 5.74) is 14.4. The first kappa shape index (κ1) is 15.9. The minimum Gasteiger partial charge on any atom is -0.395 e. The van der Waals surface area contributed by atoms with Gasteiger partial charge < -0.3 is 11.5 Å². The molecule has 1 fully saturated rings. The molecule has 0 radical (unpaired) electrons. The zero-order chi connectivity index (χ0) is 17.6. The Labute approximate surface area is 145 Å². The van der Waals surface area contributed by atoms with Crippen LogP contribution in [-0.4, -0.2) is 40.4 Å². The molecule has 0 unspecified atom stereocenters. The SMILES string of the molecule is Nc1nn2ccnc2c(N)c1-c1ccc(S(=O)(=O)N2CCCC2)cc1. The number of anilines is 2. The lowest BCUT2D eigenvalue weighted by atomic mass is 10.1. The summed E-state index contributed by atoms with van der Waals surface area (Å²) in [7, 11) is -3.44. The number of aromatic nitrogens is 3. The van der Waals surface area contributed by atoms with E-state index < -0.39 is 10.0 Å². The molecule has 4 rings (SSSR count). The summed E-state index contributed by atoms with van der Waals surface area (Å²) in [5.74, 6) is 0.262. The molecule has 25 heavy (non-hydrogen) atoms. The minimum absolute atomic E-state index is 0.262. The zero-order valence-electron chi connectivity index (χ0n) is 13.5. The van der Waals surface area contributed by atoms with E-state index >= 15 is 0 Å². The van der Waals surface area contributed by atoms with Gasteiger partial charge in [-0.2, -0.15) is 4.31 Å². The Kier molecular flexibility index (Phi) is 3.62. The first-order valence-corrected chi connectivity index (χ1v) is 9.41. The number of sulfonamides is 1. The number of rotatable bonds is 3. The lowest BCUT2D eigenvalue weighted by Gasteiger charge is -2.16. The topological polar surface area (TPSA) is 120 Å². The Morgan fingerprint density at radius 2 is 1.72 bits per heavy atom. The van der Waals surface area contributed by atoms with E-state index in [1.54, 1.807) is 36.7 Å². The highest BCUT2D eigenvalue weighted by molar-refractivity contribution is 7.89. The summed E-state index contributed by atoms with van der Waals surface area (Å²) in [6.45, 7) is 1.15. The number of nitrogen functional groups attached to an aromatic ring is 2. The molecule has 4 N–H and O–H groups in total. The van der Waals surface area contributed by atoms with E-state index in [-0.39, 0.29) is 10.7 Å². The third-order valence-corrected chi connectivity index (χ3v) is 6.36. The molecule has 0 aliphatic carbocycles. The number of imidazole rings is 1. The molecule has 2 aromatic heterocycles. The molecule has 8 nitrogen and oxygen atoms in total. The monoisotopic (exact) mass is 358 g/mol. The van der Waals surface area contributed by atoms with Crippen LogP contribution in [0.5, 0.6) is 0 Å². The van der Waals surface area contributed by atoms with Crippen molar-refractivity contribution >= 4 is 27.2 Å². The van der Waals surface area contributed by atoms with Crippen molar-refractivity contribution in [2.45, 2.75) is 17.7 Å². The van der Waals surface area contributed by atoms with Crippen molar-refractivity contribution in [1.82, 2.24) is 18.9 Å². The highest BCUT2D eigenvalue weighted by Gasteiger charge is 2.27. The average molecular weight is 358 g/mol. The summed E-state index contributed by atoms with van der Waals surface area (Å²) in [5, 5.41) is 4.23. The maximum absolute atomic E-state index is 12.6. The Hall–Kier alpha value is -2.65. The number of benzene rings is 1. The van der Waals surface area contributed by atoms with Gasteiger partial charge in [-0.15, -0.1) is 5.10 Å². The molecule has 9 heteroatoms. The summed E-state index contributed by atoms with van der Waals surface area (Å²) in [4.78, 5) is 4.44. The van der Waals surface area contributed by atoms with Crippen LogP contribution in [0, 0.1) is 0 Å². The van der Waals surface area contributed by atoms with Crippen molar-refractivity contribution in [3.05, 3.63) is 36.7 Å². The molecule has 0 saturated carbocycles. The smallest absolute Gasteiger partial charge is 0.243 e. The van der Waals surface area contributed by atoms with E-state index in [0.717, 1.165) is 12.8 Å². The predicted molar refractivity (Wildman–Crippen MR) is 95.2 cm³/mol. The van der Waals surface area contributed by atoms with Crippen LogP contribution in [0.25, 0.3) is 16.8 Å². The number of nitrogens with zero attached hydrogens (tertiary/aromatic N) is 4. The van der Waals surface area contributed by atoms with Gasteiger partial charge in [0.25, 0.3) is 0 Å². The molecule has 1 saturated heterocycles. The molecule has 1 aromatic carbocycles. The largest absolute Gasteiger partial charge is 0.395 e. The lowest BCUT2D eigenvalue weighted by Crippen LogP contribution is -2.27. The Bertz CT molecular complexity index is 1040. The van der Waals surface area contributed by atoms with Gasteiger partial charge in [-0.3, -0.25) is 0 Å². The molecule has 0 amide bonds. The van der Waals surface area contributed by atoms with E-state index in [2.05, 4.69) is 10.1 Å². The van der Waals surface area contributed by atoms with Crippen LogP contribution in [0.3, 0.4) is 0 Å². The molecule has 1 aliphatic rings. The molecule has 0 atom stereocenters. The van der Waals surface area contributed by atoms with Gasteiger partial charge in [0.1, 0.15) is 0 Å². The van der Waals surface area contributed by atoms with Gasteiger partial charge in [0.15, 0.2) is 11.5 Å². The number of nitrogens with two attached hydrogens (primary N) is 2. The molecular weight excluding hydrogens is 340 g/mol. The normalized spacial score (nSPS) is 15.8. The molecule has 3 heterocycles. The molecule has 0 spiro atoms. The fourth-order valence-electron chi connectivity index (χ4n) is 3.16. The Morgan fingerprint density at radius 1 is 1.04 bits per heavy atom. The second-order valence-corrected chi connectivity index (χ2v) is 7.94. The molecule has 130 valence electrons. The van der Waals surface area contributed by atoms with Gasteiger partial charge >= 0.3 is 0 Å². The van der Waals surface area contributed by atoms with Gasteiger partial charge in [0.05, 0.1) is 16.1 Å². The van der Waals surface area contributed by atoms with Gasteiger partial charge in [0, 0.05) is 25.5 Å². The van der Waals surface area contributed by atoms with Crippen LogP contribution < -0.4 is 11.5 Å². The Balaban J connectivity index is 1.76. The summed E-state index contributed by atoms with van der Waals surface area (Å²) < 4.78 is 28.2. The molecular formula is C16H18N6O2S. The van der Waals surface area contributed by atoms with E-state index in [0.29, 0.717) is 35.6 Å². The molecule has 3 aromatic rings. The predicted octanol–water partition coefficient (Wildman–Crippen LogP) is 1.35. The maximum Gasteiger partial charge on any atom is 0.243 e. The minimum atomic E-state index is -3.44. The van der Waals surface area contributed by atoms with Crippen molar-refractivity contribution in [2.24, 2.45) is 0 Å². The fourth-order valence-corrected chi connectivity index (χ4v) is 4.68. The third-order valence-electron chi connectivity index (χ3n) is 4.45. The fraction of sp³-hybridized carbons (Fsp3) is 0.250. The molecule has 1 aliphatic heterocycles. The van der Waals surface area contributed by atoms with E-state index in [1.165, 1.54) is 8.82 Å². The highest BCUT2D eigenvalue weighted by atomic mass is 32.2. The first-order chi connectivity index (χ1) is 12.0. The van der Waals surface area contributed by atoms with Crippen LogP contribution in [0.1, 0.15) is 12.8 Å². The van der Waals surface area contributed by atoms with E-state index in [1.807, 2.05) is 0 Å². The van der Waals surface area contributed by atoms with Crippen molar-refractivity contribution in [3.63, 3.8) is 0 Å².